The molecule has 2 amide bonds. The summed E-state index contributed by atoms with van der Waals surface area (Å²) in [5.41, 5.74) is 2.75. The number of nitrogens with zero attached hydrogens (tertiary/aromatic N) is 2. The lowest BCUT2D eigenvalue weighted by Gasteiger charge is -2.26. The van der Waals surface area contributed by atoms with Gasteiger partial charge in [-0.1, -0.05) is 6.07 Å². The van der Waals surface area contributed by atoms with Crippen molar-refractivity contribution in [2.75, 3.05) is 0 Å². The molecule has 7 heteroatoms. The number of carbonyl (C=O) groups is 2. The van der Waals surface area contributed by atoms with Crippen LogP contribution >= 0.6 is 0 Å². The molecule has 2 aromatic heterocycles. The molecule has 0 saturated heterocycles. The van der Waals surface area contributed by atoms with Crippen LogP contribution < -0.4 is 10.6 Å². The van der Waals surface area contributed by atoms with Crippen LogP contribution in [0.1, 0.15) is 37.1 Å². The number of carboxylic acids is 1. The summed E-state index contributed by atoms with van der Waals surface area (Å²) >= 11 is 0. The molecule has 0 unspecified atom stereocenters. The summed E-state index contributed by atoms with van der Waals surface area (Å²) in [5, 5.41) is 14.7. The summed E-state index contributed by atoms with van der Waals surface area (Å²) in [7, 11) is 0. The Hall–Kier alpha value is -2.57. The minimum atomic E-state index is -0.736. The quantitative estimate of drug-likeness (QED) is 0.800. The van der Waals surface area contributed by atoms with Gasteiger partial charge in [-0.15, -0.1) is 0 Å². The number of carboxylic acid groups (broad SMARTS) is 1. The summed E-state index contributed by atoms with van der Waals surface area (Å²) in [5.74, 6) is -1.01. The number of aryl methyl sites for hydroxylation is 1. The Kier molecular flexibility index (Phi) is 4.69. The number of aromatic nitrogens is 2. The molecule has 0 radical (unpaired) electrons. The minimum absolute atomic E-state index is 0.0453. The predicted octanol–water partition coefficient (Wildman–Crippen LogP) is 2.09. The molecule has 0 aliphatic heterocycles. The van der Waals surface area contributed by atoms with Crippen LogP contribution in [0, 0.1) is 12.8 Å². The Bertz CT molecular complexity index is 747. The van der Waals surface area contributed by atoms with Gasteiger partial charge in [-0.25, -0.2) is 9.78 Å². The van der Waals surface area contributed by atoms with Crippen LogP contribution in [-0.2, 0) is 11.3 Å². The number of aliphatic carboxylic acids is 1. The Labute approximate surface area is 140 Å². The summed E-state index contributed by atoms with van der Waals surface area (Å²) in [6.07, 6.45) is 4.57. The van der Waals surface area contributed by atoms with E-state index in [0.717, 1.165) is 17.0 Å². The number of nitrogens with one attached hydrogen (secondary N) is 2. The van der Waals surface area contributed by atoms with Gasteiger partial charge in [-0.2, -0.15) is 0 Å². The Morgan fingerprint density at radius 1 is 1.29 bits per heavy atom. The zero-order valence-electron chi connectivity index (χ0n) is 13.7. The molecule has 0 spiro atoms. The third kappa shape index (κ3) is 3.67. The zero-order valence-corrected chi connectivity index (χ0v) is 13.7. The number of urea groups is 1. The van der Waals surface area contributed by atoms with Crippen LogP contribution in [-0.4, -0.2) is 32.5 Å². The van der Waals surface area contributed by atoms with Gasteiger partial charge in [-0.3, -0.25) is 4.79 Å². The van der Waals surface area contributed by atoms with Gasteiger partial charge in [-0.05, 0) is 44.7 Å². The lowest BCUT2D eigenvalue weighted by Crippen LogP contribution is -2.43. The first kappa shape index (κ1) is 16.3. The molecule has 2 aromatic rings. The number of hydrogen-bond acceptors (Lipinski definition) is 3. The number of imidazole rings is 1. The van der Waals surface area contributed by atoms with Crippen molar-refractivity contribution in [3.8, 4) is 0 Å². The van der Waals surface area contributed by atoms with E-state index >= 15 is 0 Å². The molecule has 3 rings (SSSR count). The third-order valence-electron chi connectivity index (χ3n) is 4.59. The summed E-state index contributed by atoms with van der Waals surface area (Å²) in [6, 6.07) is 5.70. The summed E-state index contributed by atoms with van der Waals surface area (Å²) in [4.78, 5) is 27.4. The number of fused-ring (bicyclic) bond motifs is 1. The SMILES string of the molecule is Cc1cccc2nc(CNC(=O)NC3CCC(C(=O)O)CC3)cn12. The van der Waals surface area contributed by atoms with E-state index < -0.39 is 5.97 Å². The second kappa shape index (κ2) is 6.90. The van der Waals surface area contributed by atoms with Gasteiger partial charge in [0.05, 0.1) is 18.2 Å². The van der Waals surface area contributed by atoms with Crippen molar-refractivity contribution in [2.24, 2.45) is 5.92 Å². The van der Waals surface area contributed by atoms with E-state index in [1.54, 1.807) is 0 Å². The topological polar surface area (TPSA) is 95.7 Å². The first-order chi connectivity index (χ1) is 11.5. The van der Waals surface area contributed by atoms with Crippen LogP contribution in [0.4, 0.5) is 4.79 Å². The largest absolute Gasteiger partial charge is 0.481 e. The predicted molar refractivity (Wildman–Crippen MR) is 88.7 cm³/mol. The molecule has 1 aliphatic carbocycles. The van der Waals surface area contributed by atoms with Crippen LogP contribution in [0.3, 0.4) is 0 Å². The monoisotopic (exact) mass is 330 g/mol. The normalized spacial score (nSPS) is 20.7. The van der Waals surface area contributed by atoms with E-state index in [2.05, 4.69) is 15.6 Å². The standard InChI is InChI=1S/C17H22N4O3/c1-11-3-2-4-15-19-14(10-21(11)15)9-18-17(24)20-13-7-5-12(6-8-13)16(22)23/h2-4,10,12-13H,5-9H2,1H3,(H,22,23)(H2,18,20,24). The average Bonchev–Trinajstić information content (AvgIpc) is 2.98. The number of carbonyl (C=O) groups excluding carboxylic acids is 1. The first-order valence-corrected chi connectivity index (χ1v) is 8.23. The molecule has 24 heavy (non-hydrogen) atoms. The average molecular weight is 330 g/mol. The summed E-state index contributed by atoms with van der Waals surface area (Å²) < 4.78 is 1.99. The number of amides is 2. The van der Waals surface area contributed by atoms with Crippen molar-refractivity contribution in [1.82, 2.24) is 20.0 Å². The van der Waals surface area contributed by atoms with E-state index in [9.17, 15) is 9.59 Å². The molecular weight excluding hydrogens is 308 g/mol. The Balaban J connectivity index is 1.49. The first-order valence-electron chi connectivity index (χ1n) is 8.23. The van der Waals surface area contributed by atoms with E-state index in [-0.39, 0.29) is 18.0 Å². The van der Waals surface area contributed by atoms with E-state index in [1.807, 2.05) is 35.7 Å². The maximum atomic E-state index is 12.0. The molecule has 0 atom stereocenters. The highest BCUT2D eigenvalue weighted by Crippen LogP contribution is 2.24. The van der Waals surface area contributed by atoms with Gasteiger partial charge in [0.25, 0.3) is 0 Å². The van der Waals surface area contributed by atoms with Crippen LogP contribution in [0.15, 0.2) is 24.4 Å². The third-order valence-corrected chi connectivity index (χ3v) is 4.59. The minimum Gasteiger partial charge on any atom is -0.481 e. The Morgan fingerprint density at radius 3 is 2.71 bits per heavy atom. The number of hydrogen-bond donors (Lipinski definition) is 3. The lowest BCUT2D eigenvalue weighted by molar-refractivity contribution is -0.142. The van der Waals surface area contributed by atoms with Crippen molar-refractivity contribution >= 4 is 17.6 Å². The number of rotatable bonds is 4. The van der Waals surface area contributed by atoms with E-state index in [4.69, 9.17) is 5.11 Å². The van der Waals surface area contributed by atoms with Crippen molar-refractivity contribution in [2.45, 2.75) is 45.2 Å². The van der Waals surface area contributed by atoms with Gasteiger partial charge >= 0.3 is 12.0 Å². The fraction of sp³-hybridized carbons (Fsp3) is 0.471. The van der Waals surface area contributed by atoms with E-state index in [0.29, 0.717) is 32.2 Å². The molecule has 3 N–H and O–H groups in total. The van der Waals surface area contributed by atoms with Gasteiger partial charge < -0.3 is 20.1 Å². The molecule has 0 aromatic carbocycles. The van der Waals surface area contributed by atoms with Gasteiger partial charge in [0, 0.05) is 17.9 Å². The molecule has 0 bridgehead atoms. The summed E-state index contributed by atoms with van der Waals surface area (Å²) in [6.45, 7) is 2.36. The maximum absolute atomic E-state index is 12.0. The fourth-order valence-corrected chi connectivity index (χ4v) is 3.18. The van der Waals surface area contributed by atoms with Crippen LogP contribution in [0.2, 0.25) is 0 Å². The number of pyridine rings is 1. The van der Waals surface area contributed by atoms with Gasteiger partial charge in [0.2, 0.25) is 0 Å². The lowest BCUT2D eigenvalue weighted by atomic mass is 9.86. The Morgan fingerprint density at radius 2 is 2.04 bits per heavy atom. The maximum Gasteiger partial charge on any atom is 0.315 e. The van der Waals surface area contributed by atoms with Crippen molar-refractivity contribution in [3.05, 3.63) is 35.8 Å². The second-order valence-corrected chi connectivity index (χ2v) is 6.34. The molecule has 1 aliphatic rings. The molecule has 2 heterocycles. The van der Waals surface area contributed by atoms with Crippen LogP contribution in [0.5, 0.6) is 0 Å². The highest BCUT2D eigenvalue weighted by atomic mass is 16.4. The molecule has 128 valence electrons. The zero-order chi connectivity index (χ0) is 17.1. The smallest absolute Gasteiger partial charge is 0.315 e. The van der Waals surface area contributed by atoms with Gasteiger partial charge in [0.1, 0.15) is 5.65 Å². The molecule has 7 nitrogen and oxygen atoms in total. The van der Waals surface area contributed by atoms with Crippen molar-refractivity contribution < 1.29 is 14.7 Å². The molecular formula is C17H22N4O3. The second-order valence-electron chi connectivity index (χ2n) is 6.34. The molecule has 1 saturated carbocycles. The highest BCUT2D eigenvalue weighted by molar-refractivity contribution is 5.74. The van der Waals surface area contributed by atoms with Crippen molar-refractivity contribution in [1.29, 1.82) is 0 Å². The highest BCUT2D eigenvalue weighted by Gasteiger charge is 2.26. The van der Waals surface area contributed by atoms with Crippen LogP contribution in [0.25, 0.3) is 5.65 Å². The fourth-order valence-electron chi connectivity index (χ4n) is 3.18. The van der Waals surface area contributed by atoms with Gasteiger partial charge in [0.15, 0.2) is 0 Å². The molecule has 1 fully saturated rings. The van der Waals surface area contributed by atoms with E-state index in [1.165, 1.54) is 0 Å². The van der Waals surface area contributed by atoms with Crippen molar-refractivity contribution in [3.63, 3.8) is 0 Å².